The van der Waals surface area contributed by atoms with Crippen molar-refractivity contribution in [3.05, 3.63) is 41.8 Å². The maximum absolute atomic E-state index is 11.5. The Bertz CT molecular complexity index is 683. The number of halogens is 3. The summed E-state index contributed by atoms with van der Waals surface area (Å²) in [5, 5.41) is 20.7. The van der Waals surface area contributed by atoms with Crippen LogP contribution < -0.4 is 5.43 Å². The number of fused-ring (bicyclic) bond motifs is 1. The van der Waals surface area contributed by atoms with Crippen molar-refractivity contribution in [3.63, 3.8) is 0 Å². The second-order valence-electron chi connectivity index (χ2n) is 3.34. The summed E-state index contributed by atoms with van der Waals surface area (Å²) in [6, 6.07) is 4.27. The SMILES string of the molecule is O=c1ccc2c(O)c(Br)c(Br)c(O)c2cc1Br. The summed E-state index contributed by atoms with van der Waals surface area (Å²) in [6.07, 6.45) is 0. The zero-order chi connectivity index (χ0) is 12.7. The zero-order valence-electron chi connectivity index (χ0n) is 8.17. The van der Waals surface area contributed by atoms with Gasteiger partial charge in [-0.2, -0.15) is 0 Å². The minimum atomic E-state index is -0.229. The lowest BCUT2D eigenvalue weighted by Gasteiger charge is -2.06. The second kappa shape index (κ2) is 4.59. The Labute approximate surface area is 121 Å². The lowest BCUT2D eigenvalue weighted by molar-refractivity contribution is 0.464. The van der Waals surface area contributed by atoms with E-state index in [0.717, 1.165) is 0 Å². The van der Waals surface area contributed by atoms with Crippen LogP contribution in [0.5, 0.6) is 11.5 Å². The van der Waals surface area contributed by atoms with Gasteiger partial charge in [-0.1, -0.05) is 0 Å². The molecule has 0 aliphatic carbocycles. The lowest BCUT2D eigenvalue weighted by atomic mass is 10.1. The molecular weight excluding hydrogens is 420 g/mol. The van der Waals surface area contributed by atoms with Crippen LogP contribution in [0.25, 0.3) is 10.8 Å². The van der Waals surface area contributed by atoms with Gasteiger partial charge < -0.3 is 10.2 Å². The third-order valence-corrected chi connectivity index (χ3v) is 5.01. The summed E-state index contributed by atoms with van der Waals surface area (Å²) < 4.78 is 1.00. The molecular formula is C11H5Br3O3. The van der Waals surface area contributed by atoms with Gasteiger partial charge in [-0.25, -0.2) is 0 Å². The molecule has 0 saturated carbocycles. The molecule has 0 heterocycles. The van der Waals surface area contributed by atoms with E-state index in [9.17, 15) is 15.0 Å². The molecule has 0 aliphatic heterocycles. The molecule has 3 nitrogen and oxygen atoms in total. The van der Waals surface area contributed by atoms with E-state index in [0.29, 0.717) is 24.2 Å². The van der Waals surface area contributed by atoms with Crippen LogP contribution in [0.3, 0.4) is 0 Å². The van der Waals surface area contributed by atoms with Crippen LogP contribution >= 0.6 is 47.8 Å². The average molecular weight is 425 g/mol. The van der Waals surface area contributed by atoms with E-state index in [2.05, 4.69) is 47.8 Å². The maximum atomic E-state index is 11.5. The highest BCUT2D eigenvalue weighted by Gasteiger charge is 2.15. The van der Waals surface area contributed by atoms with Gasteiger partial charge >= 0.3 is 0 Å². The molecule has 2 rings (SSSR count). The minimum absolute atomic E-state index is 0.0350. The predicted molar refractivity (Wildman–Crippen MR) is 76.6 cm³/mol. The molecule has 0 saturated heterocycles. The number of phenols is 2. The van der Waals surface area contributed by atoms with E-state index in [-0.39, 0.29) is 16.9 Å². The second-order valence-corrected chi connectivity index (χ2v) is 5.78. The largest absolute Gasteiger partial charge is 0.506 e. The summed E-state index contributed by atoms with van der Waals surface area (Å²) in [5.74, 6) is -0.0758. The van der Waals surface area contributed by atoms with Crippen molar-refractivity contribution >= 4 is 58.6 Å². The first-order valence-electron chi connectivity index (χ1n) is 4.46. The topological polar surface area (TPSA) is 57.5 Å². The molecule has 0 aromatic heterocycles. The Hall–Kier alpha value is -0.590. The van der Waals surface area contributed by atoms with Gasteiger partial charge in [-0.05, 0) is 66.0 Å². The summed E-state index contributed by atoms with van der Waals surface area (Å²) in [7, 11) is 0. The third-order valence-electron chi connectivity index (χ3n) is 2.32. The van der Waals surface area contributed by atoms with Crippen LogP contribution in [0.4, 0.5) is 0 Å². The fourth-order valence-corrected chi connectivity index (χ4v) is 2.61. The van der Waals surface area contributed by atoms with Crippen LogP contribution in [-0.4, -0.2) is 10.2 Å². The molecule has 2 N–H and O–H groups in total. The number of benzene rings is 1. The van der Waals surface area contributed by atoms with Crippen molar-refractivity contribution < 1.29 is 10.2 Å². The van der Waals surface area contributed by atoms with Gasteiger partial charge in [0.1, 0.15) is 11.5 Å². The third kappa shape index (κ3) is 2.09. The molecule has 0 atom stereocenters. The van der Waals surface area contributed by atoms with E-state index < -0.39 is 0 Å². The molecule has 0 fully saturated rings. The van der Waals surface area contributed by atoms with E-state index in [1.165, 1.54) is 18.2 Å². The molecule has 2 aromatic rings. The molecule has 0 bridgehead atoms. The Kier molecular flexibility index (Phi) is 3.47. The zero-order valence-corrected chi connectivity index (χ0v) is 12.9. The molecule has 2 aromatic carbocycles. The van der Waals surface area contributed by atoms with Crippen LogP contribution in [0, 0.1) is 0 Å². The van der Waals surface area contributed by atoms with Crippen LogP contribution in [0.1, 0.15) is 0 Å². The van der Waals surface area contributed by atoms with Crippen LogP contribution in [0.15, 0.2) is 36.4 Å². The Morgan fingerprint density at radius 1 is 0.882 bits per heavy atom. The summed E-state index contributed by atoms with van der Waals surface area (Å²) in [5.41, 5.74) is -0.229. The molecule has 0 aliphatic rings. The molecule has 17 heavy (non-hydrogen) atoms. The van der Waals surface area contributed by atoms with Gasteiger partial charge in [0.25, 0.3) is 0 Å². The van der Waals surface area contributed by atoms with Gasteiger partial charge in [-0.15, -0.1) is 0 Å². The number of hydrogen-bond donors (Lipinski definition) is 2. The van der Waals surface area contributed by atoms with Gasteiger partial charge in [-0.3, -0.25) is 4.79 Å². The molecule has 88 valence electrons. The van der Waals surface area contributed by atoms with Crippen molar-refractivity contribution in [2.45, 2.75) is 0 Å². The van der Waals surface area contributed by atoms with Gasteiger partial charge in [0, 0.05) is 10.8 Å². The van der Waals surface area contributed by atoms with Crippen molar-refractivity contribution in [2.75, 3.05) is 0 Å². The standard InChI is InChI=1S/C11H5Br3O3/c12-6-3-5-4(1-2-7(6)15)10(16)8(13)9(14)11(5)17/h1-3,16-17H. The number of aromatic hydroxyl groups is 2. The highest BCUT2D eigenvalue weighted by atomic mass is 79.9. The monoisotopic (exact) mass is 422 g/mol. The molecule has 6 heteroatoms. The van der Waals surface area contributed by atoms with Crippen molar-refractivity contribution in [1.29, 1.82) is 0 Å². The van der Waals surface area contributed by atoms with E-state index in [4.69, 9.17) is 0 Å². The van der Waals surface area contributed by atoms with E-state index in [1.807, 2.05) is 0 Å². The number of phenolic OH excluding ortho intramolecular Hbond substituents is 2. The first-order valence-corrected chi connectivity index (χ1v) is 6.84. The Morgan fingerprint density at radius 2 is 1.41 bits per heavy atom. The molecule has 0 amide bonds. The van der Waals surface area contributed by atoms with E-state index in [1.54, 1.807) is 0 Å². The minimum Gasteiger partial charge on any atom is -0.506 e. The summed E-state index contributed by atoms with van der Waals surface area (Å²) >= 11 is 9.43. The number of rotatable bonds is 0. The number of hydrogen-bond acceptors (Lipinski definition) is 3. The summed E-state index contributed by atoms with van der Waals surface area (Å²) in [6.45, 7) is 0. The van der Waals surface area contributed by atoms with Crippen molar-refractivity contribution in [2.24, 2.45) is 0 Å². The smallest absolute Gasteiger partial charge is 0.192 e. The van der Waals surface area contributed by atoms with Gasteiger partial charge in [0.15, 0.2) is 5.43 Å². The van der Waals surface area contributed by atoms with Crippen LogP contribution in [0.2, 0.25) is 0 Å². The maximum Gasteiger partial charge on any atom is 0.192 e. The lowest BCUT2D eigenvalue weighted by Crippen LogP contribution is -1.92. The quantitative estimate of drug-likeness (QED) is 0.631. The van der Waals surface area contributed by atoms with Gasteiger partial charge in [0.2, 0.25) is 0 Å². The van der Waals surface area contributed by atoms with Crippen LogP contribution in [-0.2, 0) is 0 Å². The molecule has 0 radical (unpaired) electrons. The fraction of sp³-hybridized carbons (Fsp3) is 0. The summed E-state index contributed by atoms with van der Waals surface area (Å²) in [4.78, 5) is 11.5. The van der Waals surface area contributed by atoms with E-state index >= 15 is 0 Å². The molecule has 0 spiro atoms. The molecule has 0 unspecified atom stereocenters. The van der Waals surface area contributed by atoms with Gasteiger partial charge in [0.05, 0.1) is 13.4 Å². The van der Waals surface area contributed by atoms with Crippen molar-refractivity contribution in [1.82, 2.24) is 0 Å². The first-order chi connectivity index (χ1) is 7.93. The average Bonchev–Trinajstić information content (AvgIpc) is 2.45. The highest BCUT2D eigenvalue weighted by molar-refractivity contribution is 9.13. The fourth-order valence-electron chi connectivity index (χ4n) is 1.45. The predicted octanol–water partition coefficient (Wildman–Crippen LogP) is 3.90. The first kappa shape index (κ1) is 12.9. The highest BCUT2D eigenvalue weighted by Crippen LogP contribution is 2.45. The Morgan fingerprint density at radius 3 is 2.00 bits per heavy atom. The van der Waals surface area contributed by atoms with Crippen molar-refractivity contribution in [3.8, 4) is 11.5 Å². The normalized spacial score (nSPS) is 10.8. The Balaban J connectivity index is 3.13.